The van der Waals surface area contributed by atoms with E-state index < -0.39 is 32.9 Å². The summed E-state index contributed by atoms with van der Waals surface area (Å²) >= 11 is 0. The van der Waals surface area contributed by atoms with Crippen LogP contribution in [0.5, 0.6) is 0 Å². The second kappa shape index (κ2) is 7.88. The fourth-order valence-corrected chi connectivity index (χ4v) is 4.48. The molecule has 1 fully saturated rings. The molecule has 12 heteroatoms. The number of hydrogen-bond acceptors (Lipinski definition) is 8. The summed E-state index contributed by atoms with van der Waals surface area (Å²) in [7, 11) is -0.539. The SMILES string of the molecule is CO[C@@H]1[C@H](O[Si](C)(C)C(C)(C)C)[C@@H](CN=[N+]=[N-])O[C@H]1n1cnc2c(N)ncnc21. The summed E-state index contributed by atoms with van der Waals surface area (Å²) in [5, 5.41) is 3.72. The van der Waals surface area contributed by atoms with Crippen molar-refractivity contribution in [2.75, 3.05) is 19.4 Å². The third kappa shape index (κ3) is 3.94. The van der Waals surface area contributed by atoms with Crippen molar-refractivity contribution in [2.24, 2.45) is 5.11 Å². The molecule has 2 aromatic rings. The molecule has 29 heavy (non-hydrogen) atoms. The van der Waals surface area contributed by atoms with Crippen LogP contribution >= 0.6 is 0 Å². The van der Waals surface area contributed by atoms with E-state index in [1.807, 2.05) is 0 Å². The van der Waals surface area contributed by atoms with Gasteiger partial charge in [-0.2, -0.15) is 0 Å². The highest BCUT2D eigenvalue weighted by atomic mass is 28.4. The zero-order valence-electron chi connectivity index (χ0n) is 17.6. The number of ether oxygens (including phenoxy) is 2. The van der Waals surface area contributed by atoms with Crippen LogP contribution in [0.1, 0.15) is 27.0 Å². The third-order valence-corrected chi connectivity index (χ3v) is 10.3. The molecule has 11 nitrogen and oxygen atoms in total. The van der Waals surface area contributed by atoms with E-state index in [-0.39, 0.29) is 11.6 Å². The molecule has 0 bridgehead atoms. The first-order chi connectivity index (χ1) is 13.6. The highest BCUT2D eigenvalue weighted by Gasteiger charge is 2.51. The van der Waals surface area contributed by atoms with Crippen molar-refractivity contribution < 1.29 is 13.9 Å². The highest BCUT2D eigenvalue weighted by molar-refractivity contribution is 6.74. The van der Waals surface area contributed by atoms with Gasteiger partial charge < -0.3 is 19.6 Å². The van der Waals surface area contributed by atoms with Gasteiger partial charge in [0.2, 0.25) is 0 Å². The maximum absolute atomic E-state index is 8.81. The van der Waals surface area contributed by atoms with Crippen LogP contribution in [0.3, 0.4) is 0 Å². The molecule has 3 rings (SSSR count). The molecule has 4 atom stereocenters. The van der Waals surface area contributed by atoms with Gasteiger partial charge in [-0.05, 0) is 23.7 Å². The fraction of sp³-hybridized carbons (Fsp3) is 0.706. The number of methoxy groups -OCH3 is 1. The molecule has 0 amide bonds. The fourth-order valence-electron chi connectivity index (χ4n) is 3.16. The predicted molar refractivity (Wildman–Crippen MR) is 111 cm³/mol. The molecule has 0 saturated carbocycles. The number of imidazole rings is 1. The molecule has 0 spiro atoms. The Bertz CT molecular complexity index is 921. The third-order valence-electron chi connectivity index (χ3n) is 5.78. The number of nitrogen functional groups attached to an aromatic ring is 1. The summed E-state index contributed by atoms with van der Waals surface area (Å²) in [6.45, 7) is 11.0. The van der Waals surface area contributed by atoms with Crippen LogP contribution in [0.25, 0.3) is 21.6 Å². The number of aromatic nitrogens is 4. The zero-order chi connectivity index (χ0) is 21.4. The van der Waals surface area contributed by atoms with E-state index in [0.717, 1.165) is 0 Å². The number of hydrogen-bond donors (Lipinski definition) is 1. The van der Waals surface area contributed by atoms with Crippen LogP contribution in [-0.4, -0.2) is 59.8 Å². The predicted octanol–water partition coefficient (Wildman–Crippen LogP) is 3.02. The van der Waals surface area contributed by atoms with Gasteiger partial charge in [0.15, 0.2) is 26.0 Å². The molecule has 1 saturated heterocycles. The Hall–Kier alpha value is -2.24. The van der Waals surface area contributed by atoms with Crippen LogP contribution in [-0.2, 0) is 13.9 Å². The van der Waals surface area contributed by atoms with Crippen LogP contribution in [0, 0.1) is 0 Å². The number of azide groups is 1. The zero-order valence-corrected chi connectivity index (χ0v) is 18.6. The second-order valence-corrected chi connectivity index (χ2v) is 13.4. The van der Waals surface area contributed by atoms with Crippen molar-refractivity contribution in [3.63, 3.8) is 0 Å². The maximum atomic E-state index is 8.81. The van der Waals surface area contributed by atoms with Crippen LogP contribution < -0.4 is 5.73 Å². The first-order valence-corrected chi connectivity index (χ1v) is 12.3. The Labute approximate surface area is 170 Å². The van der Waals surface area contributed by atoms with Crippen LogP contribution in [0.2, 0.25) is 18.1 Å². The monoisotopic (exact) mass is 420 g/mol. The van der Waals surface area contributed by atoms with Crippen LogP contribution in [0.4, 0.5) is 5.82 Å². The van der Waals surface area contributed by atoms with E-state index >= 15 is 0 Å². The lowest BCUT2D eigenvalue weighted by Gasteiger charge is -2.40. The minimum atomic E-state index is -2.15. The average Bonchev–Trinajstić information content (AvgIpc) is 3.20. The Balaban J connectivity index is 2.00. The maximum Gasteiger partial charge on any atom is 0.192 e. The molecule has 0 aliphatic carbocycles. The summed E-state index contributed by atoms with van der Waals surface area (Å²) in [6, 6.07) is 0. The lowest BCUT2D eigenvalue weighted by molar-refractivity contribution is -0.0477. The second-order valence-electron chi connectivity index (χ2n) is 8.60. The van der Waals surface area contributed by atoms with Gasteiger partial charge in [-0.15, -0.1) is 0 Å². The smallest absolute Gasteiger partial charge is 0.192 e. The van der Waals surface area contributed by atoms with Gasteiger partial charge in [0.05, 0.1) is 19.0 Å². The molecule has 3 heterocycles. The number of fused-ring (bicyclic) bond motifs is 1. The van der Waals surface area contributed by atoms with Crippen molar-refractivity contribution in [3.05, 3.63) is 23.1 Å². The van der Waals surface area contributed by atoms with Gasteiger partial charge in [-0.1, -0.05) is 25.9 Å². The molecule has 1 aliphatic heterocycles. The Morgan fingerprint density at radius 3 is 2.66 bits per heavy atom. The van der Waals surface area contributed by atoms with Crippen molar-refractivity contribution in [3.8, 4) is 0 Å². The largest absolute Gasteiger partial charge is 0.408 e. The van der Waals surface area contributed by atoms with Crippen molar-refractivity contribution in [2.45, 2.75) is 63.4 Å². The lowest BCUT2D eigenvalue weighted by Crippen LogP contribution is -2.50. The van der Waals surface area contributed by atoms with E-state index in [2.05, 4.69) is 58.8 Å². The number of nitrogens with zero attached hydrogens (tertiary/aromatic N) is 7. The summed E-state index contributed by atoms with van der Waals surface area (Å²) < 4.78 is 20.5. The van der Waals surface area contributed by atoms with Gasteiger partial charge in [-0.3, -0.25) is 4.57 Å². The summed E-state index contributed by atoms with van der Waals surface area (Å²) in [5.41, 5.74) is 15.8. The van der Waals surface area contributed by atoms with E-state index in [0.29, 0.717) is 17.0 Å². The van der Waals surface area contributed by atoms with Crippen molar-refractivity contribution in [1.29, 1.82) is 0 Å². The van der Waals surface area contributed by atoms with Gasteiger partial charge in [0, 0.05) is 12.0 Å². The quantitative estimate of drug-likeness (QED) is 0.327. The molecule has 0 aromatic carbocycles. The lowest BCUT2D eigenvalue weighted by atomic mass is 10.1. The topological polar surface area (TPSA) is 146 Å². The van der Waals surface area contributed by atoms with E-state index in [4.69, 9.17) is 25.2 Å². The Morgan fingerprint density at radius 1 is 1.31 bits per heavy atom. The van der Waals surface area contributed by atoms with Crippen molar-refractivity contribution in [1.82, 2.24) is 19.5 Å². The van der Waals surface area contributed by atoms with Gasteiger partial charge in [0.1, 0.15) is 24.1 Å². The van der Waals surface area contributed by atoms with Crippen molar-refractivity contribution >= 4 is 25.3 Å². The normalized spacial score (nSPS) is 25.3. The molecule has 1 aliphatic rings. The highest BCUT2D eigenvalue weighted by Crippen LogP contribution is 2.42. The van der Waals surface area contributed by atoms with Crippen LogP contribution in [0.15, 0.2) is 17.8 Å². The summed E-state index contributed by atoms with van der Waals surface area (Å²) in [5.74, 6) is 0.292. The van der Waals surface area contributed by atoms with E-state index in [1.165, 1.54) is 6.33 Å². The first-order valence-electron chi connectivity index (χ1n) is 9.40. The summed E-state index contributed by atoms with van der Waals surface area (Å²) in [4.78, 5) is 15.5. The number of anilines is 1. The molecule has 2 N–H and O–H groups in total. The van der Waals surface area contributed by atoms with Gasteiger partial charge in [-0.25, -0.2) is 15.0 Å². The average molecular weight is 421 g/mol. The first kappa shape index (κ1) is 21.5. The summed E-state index contributed by atoms with van der Waals surface area (Å²) in [6.07, 6.45) is 1.10. The van der Waals surface area contributed by atoms with Gasteiger partial charge >= 0.3 is 0 Å². The van der Waals surface area contributed by atoms with E-state index in [9.17, 15) is 0 Å². The standard InChI is InChI=1S/C17H28N8O3Si/c1-17(2,3)29(5,6)28-12-10(7-23-24-19)27-16(13(12)26-4)25-9-22-11-14(18)20-8-21-15(11)25/h8-10,12-13,16H,7H2,1-6H3,(H2,18,20,21)/t10-,12-,13-,16-/m1/s1. The number of nitrogens with two attached hydrogens (primary N) is 1. The number of rotatable bonds is 6. The molecule has 0 unspecified atom stereocenters. The van der Waals surface area contributed by atoms with E-state index in [1.54, 1.807) is 18.0 Å². The minimum absolute atomic E-state index is 0.00416. The minimum Gasteiger partial charge on any atom is -0.408 e. The molecular weight excluding hydrogens is 392 g/mol. The molecular formula is C17H28N8O3Si. The molecule has 2 aromatic heterocycles. The molecule has 0 radical (unpaired) electrons. The Kier molecular flexibility index (Phi) is 5.83. The molecule has 158 valence electrons. The van der Waals surface area contributed by atoms with Gasteiger partial charge in [0.25, 0.3) is 0 Å². The Morgan fingerprint density at radius 2 is 2.03 bits per heavy atom.